The van der Waals surface area contributed by atoms with E-state index in [1.165, 1.54) is 19.3 Å². The Balaban J connectivity index is 1.80. The third kappa shape index (κ3) is 1.91. The van der Waals surface area contributed by atoms with Crippen LogP contribution in [0.4, 0.5) is 0 Å². The van der Waals surface area contributed by atoms with Gasteiger partial charge in [0.2, 0.25) is 0 Å². The molecule has 1 amide bonds. The van der Waals surface area contributed by atoms with E-state index in [1.54, 1.807) is 24.3 Å². The van der Waals surface area contributed by atoms with Gasteiger partial charge < -0.3 is 10.4 Å². The quantitative estimate of drug-likeness (QED) is 0.868. The largest absolute Gasteiger partial charge is 0.508 e. The number of nitrogens with one attached hydrogen (secondary N) is 1. The molecule has 0 spiro atoms. The van der Waals surface area contributed by atoms with Crippen LogP contribution in [0.3, 0.4) is 0 Å². The Morgan fingerprint density at radius 3 is 2.45 bits per heavy atom. The van der Waals surface area contributed by atoms with E-state index in [0.717, 1.165) is 5.92 Å². The molecule has 1 aromatic rings. The molecule has 0 radical (unpaired) electrons. The second-order valence-corrected chi connectivity index (χ2v) is 7.37. The lowest BCUT2D eigenvalue weighted by Gasteiger charge is -2.43. The van der Waals surface area contributed by atoms with Crippen LogP contribution in [0.5, 0.6) is 5.75 Å². The third-order valence-electron chi connectivity index (χ3n) is 5.67. The minimum absolute atomic E-state index is 0.0307. The van der Waals surface area contributed by atoms with Gasteiger partial charge >= 0.3 is 0 Å². The number of benzene rings is 1. The summed E-state index contributed by atoms with van der Waals surface area (Å²) in [4.78, 5) is 12.4. The predicted molar refractivity (Wildman–Crippen MR) is 78.6 cm³/mol. The van der Waals surface area contributed by atoms with Crippen LogP contribution in [-0.4, -0.2) is 17.1 Å². The SMILES string of the molecule is CC12CCC(C1)C(C)(C)C2NC(=O)c1ccc(O)cc1. The molecule has 108 valence electrons. The molecule has 2 aliphatic carbocycles. The molecule has 2 bridgehead atoms. The molecule has 0 aromatic heterocycles. The van der Waals surface area contributed by atoms with Crippen LogP contribution >= 0.6 is 0 Å². The number of fused-ring (bicyclic) bond motifs is 2. The fourth-order valence-electron chi connectivity index (χ4n) is 4.49. The number of phenols is 1. The van der Waals surface area contributed by atoms with Crippen molar-refractivity contribution in [1.82, 2.24) is 5.32 Å². The molecule has 3 heteroatoms. The molecule has 3 unspecified atom stereocenters. The molecule has 2 aliphatic rings. The molecule has 3 nitrogen and oxygen atoms in total. The zero-order valence-electron chi connectivity index (χ0n) is 12.4. The Labute approximate surface area is 120 Å². The zero-order chi connectivity index (χ0) is 14.5. The molecule has 0 aliphatic heterocycles. The standard InChI is InChI=1S/C17H23NO2/c1-16(2)12-8-9-17(3,10-12)15(16)18-14(20)11-4-6-13(19)7-5-11/h4-7,12,15,19H,8-10H2,1-3H3,(H,18,20). The Morgan fingerprint density at radius 2 is 1.90 bits per heavy atom. The number of aromatic hydroxyl groups is 1. The molecule has 20 heavy (non-hydrogen) atoms. The van der Waals surface area contributed by atoms with E-state index < -0.39 is 0 Å². The summed E-state index contributed by atoms with van der Waals surface area (Å²) in [5.41, 5.74) is 1.02. The summed E-state index contributed by atoms with van der Waals surface area (Å²) in [5.74, 6) is 0.878. The van der Waals surface area contributed by atoms with Crippen LogP contribution in [0.1, 0.15) is 50.4 Å². The molecule has 1 aromatic carbocycles. The molecular weight excluding hydrogens is 250 g/mol. The lowest BCUT2D eigenvalue weighted by molar-refractivity contribution is 0.0737. The van der Waals surface area contributed by atoms with Gasteiger partial charge in [-0.15, -0.1) is 0 Å². The first-order chi connectivity index (χ1) is 9.33. The number of hydrogen-bond donors (Lipinski definition) is 2. The average Bonchev–Trinajstić information content (AvgIpc) is 2.86. The molecule has 0 saturated heterocycles. The molecule has 0 heterocycles. The third-order valence-corrected chi connectivity index (χ3v) is 5.67. The van der Waals surface area contributed by atoms with Gasteiger partial charge in [-0.2, -0.15) is 0 Å². The highest BCUT2D eigenvalue weighted by Gasteiger charge is 2.59. The Hall–Kier alpha value is -1.51. The number of rotatable bonds is 2. The maximum atomic E-state index is 12.4. The number of amides is 1. The molecule has 2 saturated carbocycles. The molecular formula is C17H23NO2. The lowest BCUT2D eigenvalue weighted by Crippen LogP contribution is -2.52. The summed E-state index contributed by atoms with van der Waals surface area (Å²) < 4.78 is 0. The second-order valence-electron chi connectivity index (χ2n) is 7.37. The fourth-order valence-corrected chi connectivity index (χ4v) is 4.49. The summed E-state index contributed by atoms with van der Waals surface area (Å²) in [6.45, 7) is 6.87. The van der Waals surface area contributed by atoms with Gasteiger partial charge in [-0.25, -0.2) is 0 Å². The van der Waals surface area contributed by atoms with Gasteiger partial charge in [0.15, 0.2) is 0 Å². The maximum Gasteiger partial charge on any atom is 0.251 e. The highest BCUT2D eigenvalue weighted by Crippen LogP contribution is 2.62. The van der Waals surface area contributed by atoms with Crippen LogP contribution in [0.15, 0.2) is 24.3 Å². The van der Waals surface area contributed by atoms with Gasteiger partial charge in [0, 0.05) is 11.6 Å². The van der Waals surface area contributed by atoms with E-state index in [2.05, 4.69) is 26.1 Å². The van der Waals surface area contributed by atoms with Gasteiger partial charge in [0.05, 0.1) is 0 Å². The lowest BCUT2D eigenvalue weighted by atomic mass is 9.68. The topological polar surface area (TPSA) is 49.3 Å². The molecule has 3 rings (SSSR count). The van der Waals surface area contributed by atoms with Crippen molar-refractivity contribution >= 4 is 5.91 Å². The van der Waals surface area contributed by atoms with Gasteiger partial charge in [-0.3, -0.25) is 4.79 Å². The monoisotopic (exact) mass is 273 g/mol. The van der Waals surface area contributed by atoms with Crippen molar-refractivity contribution in [3.05, 3.63) is 29.8 Å². The molecule has 2 fully saturated rings. The number of hydrogen-bond acceptors (Lipinski definition) is 2. The van der Waals surface area contributed by atoms with Crippen LogP contribution in [-0.2, 0) is 0 Å². The summed E-state index contributed by atoms with van der Waals surface area (Å²) in [7, 11) is 0. The highest BCUT2D eigenvalue weighted by atomic mass is 16.3. The van der Waals surface area contributed by atoms with Crippen LogP contribution < -0.4 is 5.32 Å². The summed E-state index contributed by atoms with van der Waals surface area (Å²) in [6, 6.07) is 6.70. The van der Waals surface area contributed by atoms with Gasteiger partial charge in [-0.05, 0) is 60.3 Å². The summed E-state index contributed by atoms with van der Waals surface area (Å²) in [5, 5.41) is 12.6. The first-order valence-electron chi connectivity index (χ1n) is 7.43. The fraction of sp³-hybridized carbons (Fsp3) is 0.588. The average molecular weight is 273 g/mol. The number of carbonyl (C=O) groups is 1. The Kier molecular flexibility index (Phi) is 2.86. The van der Waals surface area contributed by atoms with Crippen molar-refractivity contribution in [3.8, 4) is 5.75 Å². The highest BCUT2D eigenvalue weighted by molar-refractivity contribution is 5.94. The van der Waals surface area contributed by atoms with Crippen molar-refractivity contribution in [2.45, 2.75) is 46.1 Å². The van der Waals surface area contributed by atoms with Crippen molar-refractivity contribution in [2.24, 2.45) is 16.7 Å². The maximum absolute atomic E-state index is 12.4. The second kappa shape index (κ2) is 4.24. The van der Waals surface area contributed by atoms with Gasteiger partial charge in [0.25, 0.3) is 5.91 Å². The van der Waals surface area contributed by atoms with Crippen LogP contribution in [0.25, 0.3) is 0 Å². The van der Waals surface area contributed by atoms with Gasteiger partial charge in [0.1, 0.15) is 5.75 Å². The van der Waals surface area contributed by atoms with Crippen molar-refractivity contribution in [2.75, 3.05) is 0 Å². The van der Waals surface area contributed by atoms with Crippen molar-refractivity contribution < 1.29 is 9.90 Å². The zero-order valence-corrected chi connectivity index (χ0v) is 12.4. The van der Waals surface area contributed by atoms with Gasteiger partial charge in [-0.1, -0.05) is 20.8 Å². The minimum atomic E-state index is -0.0307. The van der Waals surface area contributed by atoms with E-state index >= 15 is 0 Å². The predicted octanol–water partition coefficient (Wildman–Crippen LogP) is 3.34. The Morgan fingerprint density at radius 1 is 1.25 bits per heavy atom. The molecule has 3 atom stereocenters. The number of phenolic OH excluding ortho intramolecular Hbond substituents is 1. The normalized spacial score (nSPS) is 34.1. The first-order valence-corrected chi connectivity index (χ1v) is 7.43. The van der Waals surface area contributed by atoms with Crippen LogP contribution in [0, 0.1) is 16.7 Å². The van der Waals surface area contributed by atoms with Crippen molar-refractivity contribution in [3.63, 3.8) is 0 Å². The van der Waals surface area contributed by atoms with E-state index in [1.807, 2.05) is 0 Å². The summed E-state index contributed by atoms with van der Waals surface area (Å²) >= 11 is 0. The first kappa shape index (κ1) is 13.5. The van der Waals surface area contributed by atoms with E-state index in [4.69, 9.17) is 0 Å². The van der Waals surface area contributed by atoms with E-state index in [-0.39, 0.29) is 28.5 Å². The summed E-state index contributed by atoms with van der Waals surface area (Å²) in [6.07, 6.45) is 3.72. The molecule has 2 N–H and O–H groups in total. The Bertz CT molecular complexity index is 530. The van der Waals surface area contributed by atoms with E-state index in [9.17, 15) is 9.90 Å². The number of carbonyl (C=O) groups excluding carboxylic acids is 1. The minimum Gasteiger partial charge on any atom is -0.508 e. The van der Waals surface area contributed by atoms with Crippen molar-refractivity contribution in [1.29, 1.82) is 0 Å². The smallest absolute Gasteiger partial charge is 0.251 e. The van der Waals surface area contributed by atoms with E-state index in [0.29, 0.717) is 5.56 Å². The van der Waals surface area contributed by atoms with Crippen LogP contribution in [0.2, 0.25) is 0 Å².